The highest BCUT2D eigenvalue weighted by Crippen LogP contribution is 2.36. The minimum Gasteiger partial charge on any atom is -0.224 e. The van der Waals surface area contributed by atoms with E-state index < -0.39 is 29.5 Å². The minimum absolute atomic E-state index is 0.184. The van der Waals surface area contributed by atoms with E-state index in [4.69, 9.17) is 0 Å². The normalized spacial score (nSPS) is 12.4. The fourth-order valence-corrected chi connectivity index (χ4v) is 0.469. The molecule has 15 heavy (non-hydrogen) atoms. The summed E-state index contributed by atoms with van der Waals surface area (Å²) in [5.74, 6) is -8.72. The van der Waals surface area contributed by atoms with E-state index in [1.807, 2.05) is 0 Å². The van der Waals surface area contributed by atoms with E-state index in [1.165, 1.54) is 6.92 Å². The van der Waals surface area contributed by atoms with Gasteiger partial charge in [0.1, 0.15) is 0 Å². The second kappa shape index (κ2) is 4.49. The maximum Gasteiger partial charge on any atom is 0.570 e. The Morgan fingerprint density at radius 3 is 2.07 bits per heavy atom. The molecule has 88 valence electrons. The van der Waals surface area contributed by atoms with Gasteiger partial charge < -0.3 is 0 Å². The molecule has 0 rings (SSSR count). The number of carbonyl (C=O) groups excluding carboxylic acids is 1. The number of halogens is 5. The molecule has 0 bridgehead atoms. The van der Waals surface area contributed by atoms with Gasteiger partial charge in [0.15, 0.2) is 6.61 Å². The molecule has 0 saturated heterocycles. The number of hydrogen-bond donors (Lipinski definition) is 0. The third-order valence-corrected chi connectivity index (χ3v) is 1.20. The Labute approximate surface area is 80.5 Å². The van der Waals surface area contributed by atoms with Crippen LogP contribution in [0.2, 0.25) is 0 Å². The van der Waals surface area contributed by atoms with Crippen molar-refractivity contribution in [1.82, 2.24) is 0 Å². The molecule has 0 atom stereocenters. The lowest BCUT2D eigenvalue weighted by molar-refractivity contribution is -0.743. The smallest absolute Gasteiger partial charge is 0.224 e. The van der Waals surface area contributed by atoms with Crippen LogP contribution in [-0.2, 0) is 9.63 Å². The molecule has 0 heterocycles. The Bertz CT molecular complexity index is 262. The summed E-state index contributed by atoms with van der Waals surface area (Å²) in [5, 5.41) is 0. The van der Waals surface area contributed by atoms with Crippen LogP contribution in [0.25, 0.3) is 0 Å². The van der Waals surface area contributed by atoms with Gasteiger partial charge in [-0.25, -0.2) is 9.63 Å². The van der Waals surface area contributed by atoms with Crippen molar-refractivity contribution in [1.29, 1.82) is 0 Å². The van der Waals surface area contributed by atoms with Gasteiger partial charge in [-0.15, -0.1) is 0 Å². The van der Waals surface area contributed by atoms with Crippen LogP contribution >= 0.6 is 0 Å². The molecule has 0 radical (unpaired) electrons. The van der Waals surface area contributed by atoms with Crippen molar-refractivity contribution < 1.29 is 36.5 Å². The highest BCUT2D eigenvalue weighted by atomic mass is 19.4. The average Bonchev–Trinajstić information content (AvgIpc) is 2.10. The first kappa shape index (κ1) is 13.7. The Morgan fingerprint density at radius 2 is 1.73 bits per heavy atom. The fraction of sp³-hybridized carbons (Fsp3) is 0.833. The number of hydrogen-bond acceptors (Lipinski definition) is 3. The van der Waals surface area contributed by atoms with Gasteiger partial charge in [0.2, 0.25) is 0 Å². The van der Waals surface area contributed by atoms with E-state index in [2.05, 4.69) is 4.84 Å². The summed E-state index contributed by atoms with van der Waals surface area (Å²) >= 11 is 0. The van der Waals surface area contributed by atoms with Gasteiger partial charge in [-0.1, -0.05) is 6.92 Å². The Kier molecular flexibility index (Phi) is 4.11. The molecule has 0 aromatic rings. The molecule has 0 spiro atoms. The molecule has 0 unspecified atom stereocenters. The average molecular weight is 236 g/mol. The van der Waals surface area contributed by atoms with Gasteiger partial charge in [0.05, 0.1) is 4.91 Å². The molecule has 0 aliphatic rings. The predicted molar refractivity (Wildman–Crippen MR) is 35.9 cm³/mol. The van der Waals surface area contributed by atoms with Crippen LogP contribution in [0.4, 0.5) is 22.0 Å². The SMILES string of the molecule is CCCO[N+](=O)C(=O)C(F)(F)C(F)(F)F. The highest BCUT2D eigenvalue weighted by Gasteiger charge is 2.72. The topological polar surface area (TPSA) is 46.4 Å². The van der Waals surface area contributed by atoms with Crippen molar-refractivity contribution in [2.24, 2.45) is 0 Å². The number of rotatable bonds is 4. The molecule has 0 aromatic heterocycles. The zero-order valence-corrected chi connectivity index (χ0v) is 7.48. The largest absolute Gasteiger partial charge is 0.570 e. The van der Waals surface area contributed by atoms with Crippen LogP contribution in [0.5, 0.6) is 0 Å². The zero-order chi connectivity index (χ0) is 12.3. The quantitative estimate of drug-likeness (QED) is 0.552. The van der Waals surface area contributed by atoms with Crippen LogP contribution in [0.1, 0.15) is 13.3 Å². The molecule has 0 fully saturated rings. The van der Waals surface area contributed by atoms with Gasteiger partial charge in [0, 0.05) is 0 Å². The first-order valence-corrected chi connectivity index (χ1v) is 3.73. The van der Waals surface area contributed by atoms with E-state index in [9.17, 15) is 31.7 Å². The standard InChI is InChI=1S/C6H7F5NO3/c1-2-3-15-12(14)4(13)5(7,8)6(9,10)11/h2-3H2,1H3/q+1. The molecule has 1 amide bonds. The Hall–Kier alpha value is -1.28. The van der Waals surface area contributed by atoms with Gasteiger partial charge in [-0.05, 0) is 6.42 Å². The molecular weight excluding hydrogens is 229 g/mol. The van der Waals surface area contributed by atoms with Crippen molar-refractivity contribution in [3.8, 4) is 0 Å². The summed E-state index contributed by atoms with van der Waals surface area (Å²) in [7, 11) is 0. The fourth-order valence-electron chi connectivity index (χ4n) is 0.469. The number of amides is 1. The van der Waals surface area contributed by atoms with E-state index in [1.54, 1.807) is 0 Å². The molecule has 0 aliphatic carbocycles. The highest BCUT2D eigenvalue weighted by molar-refractivity contribution is 5.75. The van der Waals surface area contributed by atoms with Gasteiger partial charge in [-0.2, -0.15) is 22.0 Å². The first-order valence-electron chi connectivity index (χ1n) is 3.73. The molecule has 0 saturated carbocycles. The van der Waals surface area contributed by atoms with E-state index in [0.717, 1.165) is 0 Å². The monoisotopic (exact) mass is 236 g/mol. The molecule has 0 N–H and O–H groups in total. The molecule has 0 aromatic carbocycles. The van der Waals surface area contributed by atoms with Crippen molar-refractivity contribution in [2.75, 3.05) is 6.61 Å². The lowest BCUT2D eigenvalue weighted by Gasteiger charge is -2.11. The number of nitrogens with zero attached hydrogens (tertiary/aromatic N) is 1. The van der Waals surface area contributed by atoms with Crippen LogP contribution in [0.3, 0.4) is 0 Å². The summed E-state index contributed by atoms with van der Waals surface area (Å²) < 4.78 is 59.1. The maximum absolute atomic E-state index is 12.2. The van der Waals surface area contributed by atoms with Gasteiger partial charge >= 0.3 is 22.9 Å². The van der Waals surface area contributed by atoms with Crippen molar-refractivity contribution in [2.45, 2.75) is 25.4 Å². The summed E-state index contributed by atoms with van der Waals surface area (Å²) in [6, 6.07) is 0. The zero-order valence-electron chi connectivity index (χ0n) is 7.48. The lowest BCUT2D eigenvalue weighted by Crippen LogP contribution is -2.48. The van der Waals surface area contributed by atoms with E-state index in [0.29, 0.717) is 0 Å². The van der Waals surface area contributed by atoms with Crippen molar-refractivity contribution >= 4 is 5.91 Å². The summed E-state index contributed by atoms with van der Waals surface area (Å²) in [4.78, 5) is 23.1. The third-order valence-electron chi connectivity index (χ3n) is 1.20. The predicted octanol–water partition coefficient (Wildman–Crippen LogP) is 1.83. The summed E-state index contributed by atoms with van der Waals surface area (Å²) in [6.45, 7) is 1.05. The molecular formula is C6H7F5NO3+. The van der Waals surface area contributed by atoms with E-state index >= 15 is 0 Å². The number of alkyl halides is 5. The van der Waals surface area contributed by atoms with Gasteiger partial charge in [-0.3, -0.25) is 0 Å². The second-order valence-corrected chi connectivity index (χ2v) is 2.47. The van der Waals surface area contributed by atoms with Crippen molar-refractivity contribution in [3.63, 3.8) is 0 Å². The molecule has 0 aliphatic heterocycles. The van der Waals surface area contributed by atoms with Crippen molar-refractivity contribution in [3.05, 3.63) is 4.91 Å². The maximum atomic E-state index is 12.2. The number of carbonyl (C=O) groups is 1. The minimum atomic E-state index is -6.11. The van der Waals surface area contributed by atoms with Gasteiger partial charge in [0.25, 0.3) is 0 Å². The second-order valence-electron chi connectivity index (χ2n) is 2.47. The lowest BCUT2D eigenvalue weighted by atomic mass is 10.3. The first-order chi connectivity index (χ1) is 6.64. The van der Waals surface area contributed by atoms with Crippen LogP contribution in [0, 0.1) is 4.91 Å². The summed E-state index contributed by atoms with van der Waals surface area (Å²) in [6.07, 6.45) is -5.92. The van der Waals surface area contributed by atoms with E-state index in [-0.39, 0.29) is 6.42 Å². The Morgan fingerprint density at radius 1 is 1.27 bits per heavy atom. The summed E-state index contributed by atoms with van der Waals surface area (Å²) in [5.41, 5.74) is 0. The molecule has 4 nitrogen and oxygen atoms in total. The van der Waals surface area contributed by atoms with Crippen LogP contribution in [-0.4, -0.2) is 29.5 Å². The van der Waals surface area contributed by atoms with Crippen LogP contribution < -0.4 is 0 Å². The Balaban J connectivity index is 4.64. The third kappa shape index (κ3) is 3.10. The van der Waals surface area contributed by atoms with Crippen LogP contribution in [0.15, 0.2) is 0 Å². The molecule has 9 heteroatoms.